The Bertz CT molecular complexity index is 1860. The quantitative estimate of drug-likeness (QED) is 0.0186. The van der Waals surface area contributed by atoms with Crippen molar-refractivity contribution in [1.82, 2.24) is 41.7 Å². The number of hydrogen-bond acceptors (Lipinski definition) is 14. The first-order valence-corrected chi connectivity index (χ1v) is 24.0. The number of unbranched alkanes of at least 4 members (excludes halogenated alkanes) is 1. The molecule has 26 nitrogen and oxygen atoms in total. The van der Waals surface area contributed by atoms with Crippen molar-refractivity contribution < 1.29 is 63.3 Å². The van der Waals surface area contributed by atoms with E-state index in [4.69, 9.17) is 22.9 Å². The number of nitrogens with two attached hydrogens (primary N) is 4. The lowest BCUT2D eigenvalue weighted by molar-refractivity contribution is -0.144. The number of aliphatic carboxylic acids is 2. The molecule has 0 aromatic heterocycles. The molecule has 10 atom stereocenters. The fraction of sp³-hybridized carbons (Fsp3) is 0.750. The standard InChI is InChI=1S/C44H77N13O13/c1-6-24(4)34(55-35(61)25(5)46)42(68)57-21-11-15-31(57)39(65)54-33(23(2)3)40(66)53-29(22-58)37(63)51-27(13-9-19-49-44(47)48)41(67)56-20-10-14-30(56)38(64)50-26(16-17-32(59)60)36(62)52-28(43(69)70)12-7-8-18-45/h23-31,33-34,58H,6-22,45-46H2,1-5H3,(H,50,64)(H,51,63)(H,52,62)(H,53,66)(H,54,65)(H,55,61)(H,59,60)(H,69,70)(H4,47,48,49)/t24-,25-,26-,27-,28-,29-,30-,31-,33-,34-/m0/s1. The van der Waals surface area contributed by atoms with Gasteiger partial charge in [0.15, 0.2) is 5.96 Å². The van der Waals surface area contributed by atoms with Crippen molar-refractivity contribution in [3.8, 4) is 0 Å². The van der Waals surface area contributed by atoms with E-state index in [9.17, 15) is 63.3 Å². The highest BCUT2D eigenvalue weighted by atomic mass is 16.4. The number of carbonyl (C=O) groups excluding carboxylic acids is 8. The van der Waals surface area contributed by atoms with Crippen molar-refractivity contribution in [2.75, 3.05) is 32.8 Å². The number of rotatable bonds is 30. The molecular formula is C44H77N13O13. The molecule has 17 N–H and O–H groups in total. The summed E-state index contributed by atoms with van der Waals surface area (Å²) in [5.41, 5.74) is 22.2. The third kappa shape index (κ3) is 18.6. The van der Waals surface area contributed by atoms with Crippen LogP contribution in [0.1, 0.15) is 112 Å². The number of carboxylic acids is 2. The maximum atomic E-state index is 14.3. The van der Waals surface area contributed by atoms with Gasteiger partial charge in [0.2, 0.25) is 47.3 Å². The summed E-state index contributed by atoms with van der Waals surface area (Å²) in [6, 6.07) is -11.2. The first-order valence-electron chi connectivity index (χ1n) is 24.0. The van der Waals surface area contributed by atoms with Crippen molar-refractivity contribution in [2.45, 2.75) is 166 Å². The molecule has 26 heteroatoms. The minimum atomic E-state index is -1.66. The second-order valence-electron chi connectivity index (χ2n) is 18.2. The fourth-order valence-electron chi connectivity index (χ4n) is 8.05. The molecule has 0 aromatic rings. The summed E-state index contributed by atoms with van der Waals surface area (Å²) >= 11 is 0. The molecule has 2 saturated heterocycles. The number of aliphatic imine (C=N–C) groups is 1. The van der Waals surface area contributed by atoms with E-state index >= 15 is 0 Å². The van der Waals surface area contributed by atoms with Gasteiger partial charge in [0.05, 0.1) is 12.6 Å². The third-order valence-electron chi connectivity index (χ3n) is 12.3. The van der Waals surface area contributed by atoms with Gasteiger partial charge >= 0.3 is 11.9 Å². The zero-order valence-electron chi connectivity index (χ0n) is 40.9. The summed E-state index contributed by atoms with van der Waals surface area (Å²) in [5.74, 6) is -9.83. The van der Waals surface area contributed by atoms with Gasteiger partial charge in [0.1, 0.15) is 48.3 Å². The molecule has 2 rings (SSSR count). The highest BCUT2D eigenvalue weighted by Gasteiger charge is 2.42. The van der Waals surface area contributed by atoms with Crippen LogP contribution in [0, 0.1) is 11.8 Å². The molecule has 8 amide bonds. The molecule has 2 aliphatic heterocycles. The molecule has 2 heterocycles. The molecule has 0 aromatic carbocycles. The molecule has 2 aliphatic rings. The number of amides is 8. The van der Waals surface area contributed by atoms with E-state index in [2.05, 4.69) is 36.9 Å². The number of nitrogens with one attached hydrogen (secondary N) is 6. The van der Waals surface area contributed by atoms with Gasteiger partial charge in [0, 0.05) is 26.1 Å². The average molecular weight is 996 g/mol. The molecule has 0 bridgehead atoms. The molecule has 0 radical (unpaired) electrons. The summed E-state index contributed by atoms with van der Waals surface area (Å²) in [6.45, 7) is 7.98. The van der Waals surface area contributed by atoms with E-state index in [0.717, 1.165) is 0 Å². The summed E-state index contributed by atoms with van der Waals surface area (Å²) < 4.78 is 0. The highest BCUT2D eigenvalue weighted by Crippen LogP contribution is 2.23. The largest absolute Gasteiger partial charge is 0.481 e. The Morgan fingerprint density at radius 1 is 0.643 bits per heavy atom. The predicted molar refractivity (Wildman–Crippen MR) is 253 cm³/mol. The molecule has 70 heavy (non-hydrogen) atoms. The zero-order chi connectivity index (χ0) is 52.8. The van der Waals surface area contributed by atoms with E-state index in [-0.39, 0.29) is 63.6 Å². The van der Waals surface area contributed by atoms with Crippen LogP contribution < -0.4 is 54.8 Å². The number of nitrogens with zero attached hydrogens (tertiary/aromatic N) is 3. The number of hydrogen-bond donors (Lipinski definition) is 13. The number of aliphatic hydroxyl groups is 1. The third-order valence-corrected chi connectivity index (χ3v) is 12.3. The van der Waals surface area contributed by atoms with Gasteiger partial charge in [-0.2, -0.15) is 0 Å². The maximum absolute atomic E-state index is 14.3. The second-order valence-corrected chi connectivity index (χ2v) is 18.2. The Hall–Kier alpha value is -6.15. The minimum absolute atomic E-state index is 0.0190. The van der Waals surface area contributed by atoms with Crippen molar-refractivity contribution in [3.05, 3.63) is 0 Å². The Labute approximate surface area is 407 Å². The zero-order valence-corrected chi connectivity index (χ0v) is 40.9. The molecule has 0 unspecified atom stereocenters. The minimum Gasteiger partial charge on any atom is -0.481 e. The number of likely N-dealkylation sites (tertiary alicyclic amines) is 2. The Kier molecular flexibility index (Phi) is 25.5. The number of carbonyl (C=O) groups is 10. The van der Waals surface area contributed by atoms with Crippen LogP contribution in [0.3, 0.4) is 0 Å². The van der Waals surface area contributed by atoms with Crippen LogP contribution in [0.5, 0.6) is 0 Å². The van der Waals surface area contributed by atoms with Crippen LogP contribution >= 0.6 is 0 Å². The molecule has 2 fully saturated rings. The summed E-state index contributed by atoms with van der Waals surface area (Å²) in [4.78, 5) is 139. The Morgan fingerprint density at radius 2 is 1.19 bits per heavy atom. The van der Waals surface area contributed by atoms with Crippen molar-refractivity contribution in [3.63, 3.8) is 0 Å². The van der Waals surface area contributed by atoms with Crippen molar-refractivity contribution in [1.29, 1.82) is 0 Å². The van der Waals surface area contributed by atoms with Crippen LogP contribution in [0.25, 0.3) is 0 Å². The van der Waals surface area contributed by atoms with Crippen LogP contribution in [-0.4, -0.2) is 177 Å². The van der Waals surface area contributed by atoms with E-state index in [1.807, 2.05) is 6.92 Å². The van der Waals surface area contributed by atoms with E-state index in [0.29, 0.717) is 38.6 Å². The molecule has 0 spiro atoms. The SMILES string of the molecule is CC[C@H](C)[C@H](NC(=O)[C@H](C)N)C(=O)N1CCC[C@H]1C(=O)N[C@H](C(=O)N[C@@H](CO)C(=O)N[C@@H](CCCN=C(N)N)C(=O)N1CCC[C@H]1C(=O)N[C@@H](CCC(=O)O)C(=O)N[C@@H](CCCCN)C(=O)O)C(C)C. The van der Waals surface area contributed by atoms with Gasteiger partial charge in [0.25, 0.3) is 0 Å². The number of carboxylic acid groups (broad SMARTS) is 2. The van der Waals surface area contributed by atoms with Crippen molar-refractivity contribution >= 4 is 65.2 Å². The Morgan fingerprint density at radius 3 is 1.70 bits per heavy atom. The summed E-state index contributed by atoms with van der Waals surface area (Å²) in [5, 5.41) is 44.6. The lowest BCUT2D eigenvalue weighted by Crippen LogP contribution is -2.61. The van der Waals surface area contributed by atoms with Gasteiger partial charge in [-0.1, -0.05) is 34.1 Å². The van der Waals surface area contributed by atoms with E-state index in [1.54, 1.807) is 20.8 Å². The Balaban J connectivity index is 2.31. The summed E-state index contributed by atoms with van der Waals surface area (Å²) in [7, 11) is 0. The van der Waals surface area contributed by atoms with Crippen molar-refractivity contribution in [2.24, 2.45) is 39.8 Å². The fourth-order valence-corrected chi connectivity index (χ4v) is 8.05. The number of aliphatic hydroxyl groups excluding tert-OH is 1. The second kappa shape index (κ2) is 29.8. The lowest BCUT2D eigenvalue weighted by atomic mass is 9.97. The first kappa shape index (κ1) is 60.0. The van der Waals surface area contributed by atoms with Gasteiger partial charge in [-0.3, -0.25) is 48.1 Å². The number of guanidine groups is 1. The monoisotopic (exact) mass is 996 g/mol. The lowest BCUT2D eigenvalue weighted by Gasteiger charge is -2.33. The van der Waals surface area contributed by atoms with Crippen LogP contribution in [0.2, 0.25) is 0 Å². The van der Waals surface area contributed by atoms with Crippen LogP contribution in [0.4, 0.5) is 0 Å². The normalized spacial score (nSPS) is 19.0. The van der Waals surface area contributed by atoms with E-state index < -0.39 is 139 Å². The highest BCUT2D eigenvalue weighted by molar-refractivity contribution is 5.98. The van der Waals surface area contributed by atoms with Crippen LogP contribution in [0.15, 0.2) is 4.99 Å². The topological polar surface area (TPSA) is 426 Å². The average Bonchev–Trinajstić information content (AvgIpc) is 4.01. The van der Waals surface area contributed by atoms with Gasteiger partial charge in [-0.15, -0.1) is 0 Å². The van der Waals surface area contributed by atoms with Gasteiger partial charge in [-0.25, -0.2) is 4.79 Å². The van der Waals surface area contributed by atoms with Gasteiger partial charge < -0.3 is 80.0 Å². The molecule has 0 aliphatic carbocycles. The smallest absolute Gasteiger partial charge is 0.326 e. The van der Waals surface area contributed by atoms with Crippen LogP contribution in [-0.2, 0) is 47.9 Å². The molecule has 0 saturated carbocycles. The summed E-state index contributed by atoms with van der Waals surface area (Å²) in [6.07, 6.45) is 1.60. The van der Waals surface area contributed by atoms with E-state index in [1.165, 1.54) is 16.7 Å². The van der Waals surface area contributed by atoms with Gasteiger partial charge in [-0.05, 0) is 89.5 Å². The maximum Gasteiger partial charge on any atom is 0.326 e. The predicted octanol–water partition coefficient (Wildman–Crippen LogP) is -3.95. The first-order chi connectivity index (χ1) is 33.0. The molecular weight excluding hydrogens is 919 g/mol. The molecule has 396 valence electrons.